The summed E-state index contributed by atoms with van der Waals surface area (Å²) in [5.74, 6) is 1.99. The SMILES string of the molecule is Cc1nc(C)c(CNc2nc(OCC3CC3c3ccccn3)nc(-c3ncco3)c2C)s1. The van der Waals surface area contributed by atoms with Crippen LogP contribution in [0, 0.1) is 26.7 Å². The average molecular weight is 449 g/mol. The van der Waals surface area contributed by atoms with Gasteiger partial charge in [0.1, 0.15) is 17.8 Å². The highest BCUT2D eigenvalue weighted by Crippen LogP contribution is 2.46. The number of nitrogens with zero attached hydrogens (tertiary/aromatic N) is 5. The minimum Gasteiger partial charge on any atom is -0.463 e. The van der Waals surface area contributed by atoms with Crippen molar-refractivity contribution in [3.63, 3.8) is 0 Å². The van der Waals surface area contributed by atoms with Crippen molar-refractivity contribution < 1.29 is 9.15 Å². The molecule has 0 spiro atoms. The molecule has 32 heavy (non-hydrogen) atoms. The van der Waals surface area contributed by atoms with Crippen LogP contribution in [-0.4, -0.2) is 31.5 Å². The molecule has 0 aromatic carbocycles. The van der Waals surface area contributed by atoms with Crippen molar-refractivity contribution >= 4 is 17.2 Å². The molecule has 1 N–H and O–H groups in total. The van der Waals surface area contributed by atoms with E-state index in [1.165, 1.54) is 11.1 Å². The summed E-state index contributed by atoms with van der Waals surface area (Å²) in [6, 6.07) is 6.34. The fraction of sp³-hybridized carbons (Fsp3) is 0.348. The Kier molecular flexibility index (Phi) is 5.57. The smallest absolute Gasteiger partial charge is 0.319 e. The lowest BCUT2D eigenvalue weighted by Crippen LogP contribution is -2.10. The molecular weight excluding hydrogens is 424 g/mol. The first-order valence-electron chi connectivity index (χ1n) is 10.6. The highest BCUT2D eigenvalue weighted by atomic mass is 32.1. The molecule has 4 aromatic rings. The fourth-order valence-corrected chi connectivity index (χ4v) is 4.63. The monoisotopic (exact) mass is 448 g/mol. The van der Waals surface area contributed by atoms with Gasteiger partial charge in [-0.25, -0.2) is 9.97 Å². The molecule has 0 saturated heterocycles. The van der Waals surface area contributed by atoms with E-state index in [1.54, 1.807) is 17.5 Å². The third-order valence-electron chi connectivity index (χ3n) is 5.59. The van der Waals surface area contributed by atoms with Gasteiger partial charge >= 0.3 is 6.01 Å². The molecule has 0 bridgehead atoms. The summed E-state index contributed by atoms with van der Waals surface area (Å²) < 4.78 is 11.5. The van der Waals surface area contributed by atoms with Crippen LogP contribution in [0.2, 0.25) is 0 Å². The largest absolute Gasteiger partial charge is 0.463 e. The van der Waals surface area contributed by atoms with Gasteiger partial charge in [-0.15, -0.1) is 11.3 Å². The van der Waals surface area contributed by atoms with Crippen LogP contribution in [-0.2, 0) is 6.54 Å². The Balaban J connectivity index is 1.34. The lowest BCUT2D eigenvalue weighted by Gasteiger charge is -2.13. The third kappa shape index (κ3) is 4.34. The van der Waals surface area contributed by atoms with Crippen LogP contribution in [0.25, 0.3) is 11.6 Å². The molecule has 9 heteroatoms. The van der Waals surface area contributed by atoms with E-state index in [-0.39, 0.29) is 0 Å². The number of anilines is 1. The molecule has 5 rings (SSSR count). The van der Waals surface area contributed by atoms with Crippen LogP contribution in [0.1, 0.15) is 39.2 Å². The number of pyridine rings is 1. The zero-order valence-electron chi connectivity index (χ0n) is 18.2. The zero-order chi connectivity index (χ0) is 22.1. The first-order chi connectivity index (χ1) is 15.6. The molecule has 4 aromatic heterocycles. The van der Waals surface area contributed by atoms with Gasteiger partial charge in [0, 0.05) is 34.2 Å². The summed E-state index contributed by atoms with van der Waals surface area (Å²) in [5, 5.41) is 4.47. The molecule has 1 fully saturated rings. The quantitative estimate of drug-likeness (QED) is 0.414. The lowest BCUT2D eigenvalue weighted by atomic mass is 10.2. The molecule has 1 aliphatic rings. The maximum Gasteiger partial charge on any atom is 0.319 e. The first-order valence-corrected chi connectivity index (χ1v) is 11.4. The number of aryl methyl sites for hydroxylation is 2. The van der Waals surface area contributed by atoms with Crippen molar-refractivity contribution in [1.29, 1.82) is 0 Å². The standard InChI is InChI=1S/C23H24N6O2S/c1-13-20(22-25-8-9-30-22)28-23(29-21(13)26-11-19-14(2)27-15(3)32-19)31-12-16-10-17(16)18-6-4-5-7-24-18/h4-9,16-17H,10-12H2,1-3H3,(H,26,28,29). The Bertz CT molecular complexity index is 1210. The van der Waals surface area contributed by atoms with E-state index in [1.807, 2.05) is 39.1 Å². The van der Waals surface area contributed by atoms with Gasteiger partial charge in [-0.05, 0) is 39.3 Å². The Morgan fingerprint density at radius 2 is 2.03 bits per heavy atom. The Labute approximate surface area is 190 Å². The number of oxazole rings is 1. The molecule has 1 saturated carbocycles. The van der Waals surface area contributed by atoms with Gasteiger partial charge in [0.2, 0.25) is 5.89 Å². The predicted octanol–water partition coefficient (Wildman–Crippen LogP) is 4.70. The number of ether oxygens (including phenoxy) is 1. The van der Waals surface area contributed by atoms with Crippen LogP contribution in [0.3, 0.4) is 0 Å². The number of hydrogen-bond donors (Lipinski definition) is 1. The van der Waals surface area contributed by atoms with E-state index in [9.17, 15) is 0 Å². The molecule has 164 valence electrons. The zero-order valence-corrected chi connectivity index (χ0v) is 19.0. The van der Waals surface area contributed by atoms with Crippen molar-refractivity contribution in [2.24, 2.45) is 5.92 Å². The Morgan fingerprint density at radius 1 is 1.12 bits per heavy atom. The molecule has 0 amide bonds. The first kappa shape index (κ1) is 20.6. The van der Waals surface area contributed by atoms with E-state index in [0.717, 1.165) is 28.4 Å². The van der Waals surface area contributed by atoms with Crippen LogP contribution >= 0.6 is 11.3 Å². The second-order valence-corrected chi connectivity index (χ2v) is 9.22. The van der Waals surface area contributed by atoms with Crippen LogP contribution in [0.4, 0.5) is 5.82 Å². The van der Waals surface area contributed by atoms with Gasteiger partial charge in [0.15, 0.2) is 0 Å². The molecule has 2 atom stereocenters. The number of thiazole rings is 1. The second kappa shape index (κ2) is 8.66. The number of nitrogens with one attached hydrogen (secondary N) is 1. The fourth-order valence-electron chi connectivity index (χ4n) is 3.75. The summed E-state index contributed by atoms with van der Waals surface area (Å²) in [6.07, 6.45) is 6.04. The number of aromatic nitrogens is 5. The van der Waals surface area contributed by atoms with Crippen molar-refractivity contribution in [1.82, 2.24) is 24.9 Å². The lowest BCUT2D eigenvalue weighted by molar-refractivity contribution is 0.274. The van der Waals surface area contributed by atoms with Crippen molar-refractivity contribution in [3.05, 3.63) is 63.7 Å². The Morgan fingerprint density at radius 3 is 2.75 bits per heavy atom. The molecule has 0 radical (unpaired) electrons. The topological polar surface area (TPSA) is 98.9 Å². The average Bonchev–Trinajstić information content (AvgIpc) is 3.21. The van der Waals surface area contributed by atoms with Gasteiger partial charge in [-0.3, -0.25) is 4.98 Å². The van der Waals surface area contributed by atoms with Gasteiger partial charge in [0.25, 0.3) is 0 Å². The van der Waals surface area contributed by atoms with Crippen LogP contribution in [0.5, 0.6) is 6.01 Å². The highest BCUT2D eigenvalue weighted by molar-refractivity contribution is 7.11. The van der Waals surface area contributed by atoms with E-state index >= 15 is 0 Å². The molecule has 0 aliphatic heterocycles. The van der Waals surface area contributed by atoms with E-state index in [0.29, 0.717) is 48.4 Å². The van der Waals surface area contributed by atoms with E-state index < -0.39 is 0 Å². The normalized spacial score (nSPS) is 17.3. The van der Waals surface area contributed by atoms with Crippen molar-refractivity contribution in [2.45, 2.75) is 39.7 Å². The van der Waals surface area contributed by atoms with E-state index in [4.69, 9.17) is 9.15 Å². The predicted molar refractivity (Wildman–Crippen MR) is 122 cm³/mol. The molecule has 1 aliphatic carbocycles. The van der Waals surface area contributed by atoms with Crippen LogP contribution < -0.4 is 10.1 Å². The van der Waals surface area contributed by atoms with Gasteiger partial charge < -0.3 is 14.5 Å². The van der Waals surface area contributed by atoms with Gasteiger partial charge in [-0.1, -0.05) is 6.07 Å². The summed E-state index contributed by atoms with van der Waals surface area (Å²) in [5.41, 5.74) is 3.63. The summed E-state index contributed by atoms with van der Waals surface area (Å²) in [4.78, 5) is 23.6. The minimum atomic E-state index is 0.315. The van der Waals surface area contributed by atoms with E-state index in [2.05, 4.69) is 36.3 Å². The van der Waals surface area contributed by atoms with Gasteiger partial charge in [-0.2, -0.15) is 9.97 Å². The Hall–Kier alpha value is -3.33. The second-order valence-electron chi connectivity index (χ2n) is 7.93. The van der Waals surface area contributed by atoms with Crippen molar-refractivity contribution in [3.8, 4) is 17.6 Å². The highest BCUT2D eigenvalue weighted by Gasteiger charge is 2.40. The molecule has 4 heterocycles. The maximum absolute atomic E-state index is 6.03. The summed E-state index contributed by atoms with van der Waals surface area (Å²) in [7, 11) is 0. The molecule has 8 nitrogen and oxygen atoms in total. The van der Waals surface area contributed by atoms with Crippen LogP contribution in [0.15, 0.2) is 41.3 Å². The van der Waals surface area contributed by atoms with Gasteiger partial charge in [0.05, 0.1) is 30.1 Å². The summed E-state index contributed by atoms with van der Waals surface area (Å²) in [6.45, 7) is 7.16. The summed E-state index contributed by atoms with van der Waals surface area (Å²) >= 11 is 1.68. The third-order valence-corrected chi connectivity index (χ3v) is 6.67. The molecular formula is C23H24N6O2S. The maximum atomic E-state index is 6.03. The minimum absolute atomic E-state index is 0.315. The number of hydrogen-bond acceptors (Lipinski definition) is 9. The number of rotatable bonds is 8. The van der Waals surface area contributed by atoms with Crippen molar-refractivity contribution in [2.75, 3.05) is 11.9 Å². The molecule has 2 unspecified atom stereocenters.